The van der Waals surface area contributed by atoms with Crippen molar-refractivity contribution < 1.29 is 36.7 Å². The van der Waals surface area contributed by atoms with Crippen LogP contribution in [0.2, 0.25) is 0 Å². The fourth-order valence-electron chi connectivity index (χ4n) is 3.19. The van der Waals surface area contributed by atoms with Crippen LogP contribution in [0.3, 0.4) is 0 Å². The minimum atomic E-state index is -6.00. The zero-order chi connectivity index (χ0) is 23.8. The average Bonchev–Trinajstić information content (AvgIpc) is 2.78. The summed E-state index contributed by atoms with van der Waals surface area (Å²) < 4.78 is 39.0. The van der Waals surface area contributed by atoms with Crippen molar-refractivity contribution in [1.82, 2.24) is 4.98 Å². The number of hydrogen-bond donors (Lipinski definition) is 0. The Labute approximate surface area is 214 Å². The van der Waals surface area contributed by atoms with Gasteiger partial charge >= 0.3 is 7.25 Å². The molecule has 34 heavy (non-hydrogen) atoms. The normalized spacial score (nSPS) is 14.6. The van der Waals surface area contributed by atoms with Crippen LogP contribution in [0.5, 0.6) is 0 Å². The molecule has 0 atom stereocenters. The van der Waals surface area contributed by atoms with Crippen LogP contribution in [0.1, 0.15) is 31.4 Å². The van der Waals surface area contributed by atoms with Crippen molar-refractivity contribution in [2.24, 2.45) is 0 Å². The summed E-state index contributed by atoms with van der Waals surface area (Å²) in [6.07, 6.45) is 16.9. The van der Waals surface area contributed by atoms with Gasteiger partial charge in [-0.25, -0.2) is 0 Å². The fourth-order valence-corrected chi connectivity index (χ4v) is 5.69. The molecule has 1 aromatic heterocycles. The summed E-state index contributed by atoms with van der Waals surface area (Å²) in [5.74, 6) is 0. The van der Waals surface area contributed by atoms with Crippen molar-refractivity contribution in [3.8, 4) is 0 Å². The van der Waals surface area contributed by atoms with Crippen LogP contribution in [0.4, 0.5) is 17.3 Å². The van der Waals surface area contributed by atoms with E-state index in [1.54, 1.807) is 0 Å². The Bertz CT molecular complexity index is 883. The van der Waals surface area contributed by atoms with Gasteiger partial charge in [-0.2, -0.15) is 0 Å². The van der Waals surface area contributed by atoms with Crippen molar-refractivity contribution in [1.29, 1.82) is 0 Å². The quantitative estimate of drug-likeness (QED) is 0.137. The maximum Gasteiger partial charge on any atom is 0.673 e. The Kier molecular flexibility index (Phi) is 15.3. The Balaban J connectivity index is 0.000000343. The maximum absolute atomic E-state index is 9.75. The van der Waals surface area contributed by atoms with E-state index in [-0.39, 0.29) is 19.5 Å². The number of rotatable bonds is 4. The van der Waals surface area contributed by atoms with Crippen molar-refractivity contribution in [3.05, 3.63) is 115 Å². The molecular formula is C26H29BF4NPRh. The molecule has 1 heterocycles. The van der Waals surface area contributed by atoms with Gasteiger partial charge in [0.2, 0.25) is 0 Å². The Morgan fingerprint density at radius 1 is 0.618 bits per heavy atom. The molecule has 3 aromatic rings. The summed E-state index contributed by atoms with van der Waals surface area (Å²) in [5.41, 5.74) is 1.18. The predicted octanol–water partition coefficient (Wildman–Crippen LogP) is 7.42. The molecule has 2 aromatic carbocycles. The van der Waals surface area contributed by atoms with Gasteiger partial charge in [-0.05, 0) is 62.1 Å². The Morgan fingerprint density at radius 3 is 1.35 bits per heavy atom. The first-order valence-corrected chi connectivity index (χ1v) is 12.7. The minimum Gasteiger partial charge on any atom is -0.418 e. The van der Waals surface area contributed by atoms with E-state index in [4.69, 9.17) is 0 Å². The van der Waals surface area contributed by atoms with E-state index in [2.05, 4.69) is 102 Å². The molecule has 1 aliphatic carbocycles. The van der Waals surface area contributed by atoms with E-state index in [1.165, 1.54) is 42.0 Å². The molecule has 0 amide bonds. The zero-order valence-electron chi connectivity index (χ0n) is 18.8. The third-order valence-corrected chi connectivity index (χ3v) is 7.44. The van der Waals surface area contributed by atoms with Gasteiger partial charge in [0.1, 0.15) is 6.16 Å². The molecule has 0 N–H and O–H groups in total. The van der Waals surface area contributed by atoms with E-state index < -0.39 is 15.2 Å². The van der Waals surface area contributed by atoms with Gasteiger partial charge in [-0.1, -0.05) is 66.8 Å². The molecule has 0 fully saturated rings. The largest absolute Gasteiger partial charge is 0.673 e. The predicted molar refractivity (Wildman–Crippen MR) is 135 cm³/mol. The van der Waals surface area contributed by atoms with Crippen LogP contribution in [-0.2, 0) is 25.6 Å². The van der Waals surface area contributed by atoms with E-state index in [0.717, 1.165) is 6.16 Å². The van der Waals surface area contributed by atoms with E-state index in [9.17, 15) is 17.3 Å². The summed E-state index contributed by atoms with van der Waals surface area (Å²) in [5, 5.41) is 2.88. The zero-order valence-corrected chi connectivity index (χ0v) is 21.4. The molecule has 1 radical (unpaired) electrons. The summed E-state index contributed by atoms with van der Waals surface area (Å²) in [7, 11) is -6.81. The Hall–Kier alpha value is -2.09. The number of pyridine rings is 1. The third kappa shape index (κ3) is 14.2. The molecule has 0 saturated heterocycles. The van der Waals surface area contributed by atoms with Gasteiger partial charge in [-0.3, -0.25) is 4.98 Å². The SMILES string of the molecule is C1=C\CC/C=C\CC/1.F[B-](F)(F)F.[Rh].c1ccc([PH+](Cc2ccccn2)c2ccccc2)cc1. The molecule has 0 bridgehead atoms. The van der Waals surface area contributed by atoms with Crippen molar-refractivity contribution in [3.63, 3.8) is 0 Å². The molecule has 0 saturated carbocycles. The summed E-state index contributed by atoms with van der Waals surface area (Å²) in [4.78, 5) is 4.50. The summed E-state index contributed by atoms with van der Waals surface area (Å²) in [6, 6.07) is 27.8. The van der Waals surface area contributed by atoms with Gasteiger partial charge in [0, 0.05) is 25.7 Å². The number of nitrogens with zero attached hydrogens (tertiary/aromatic N) is 1. The summed E-state index contributed by atoms with van der Waals surface area (Å²) in [6.45, 7) is 0. The minimum absolute atomic E-state index is 0. The molecule has 0 unspecified atom stereocenters. The van der Waals surface area contributed by atoms with Crippen LogP contribution in [0, 0.1) is 0 Å². The summed E-state index contributed by atoms with van der Waals surface area (Å²) >= 11 is 0. The third-order valence-electron chi connectivity index (χ3n) is 4.66. The molecule has 1 nitrogen and oxygen atoms in total. The van der Waals surface area contributed by atoms with Crippen molar-refractivity contribution in [2.45, 2.75) is 31.8 Å². The number of halogens is 4. The van der Waals surface area contributed by atoms with Gasteiger partial charge in [0.05, 0.1) is 24.2 Å². The first-order chi connectivity index (χ1) is 15.9. The van der Waals surface area contributed by atoms with Crippen molar-refractivity contribution in [2.75, 3.05) is 0 Å². The first-order valence-electron chi connectivity index (χ1n) is 11.0. The number of aromatic nitrogens is 1. The smallest absolute Gasteiger partial charge is 0.418 e. The fraction of sp³-hybridized carbons (Fsp3) is 0.192. The Morgan fingerprint density at radius 2 is 1.00 bits per heavy atom. The van der Waals surface area contributed by atoms with Crippen LogP contribution >= 0.6 is 7.92 Å². The van der Waals surface area contributed by atoms with Crippen molar-refractivity contribution >= 4 is 25.8 Å². The monoisotopic (exact) mass is 576 g/mol. The van der Waals surface area contributed by atoms with Gasteiger partial charge in [0.25, 0.3) is 0 Å². The van der Waals surface area contributed by atoms with E-state index >= 15 is 0 Å². The molecular weight excluding hydrogens is 547 g/mol. The van der Waals surface area contributed by atoms with Crippen LogP contribution in [-0.4, -0.2) is 12.2 Å². The average molecular weight is 576 g/mol. The van der Waals surface area contributed by atoms with Crippen LogP contribution in [0.25, 0.3) is 0 Å². The second-order valence-electron chi connectivity index (χ2n) is 7.30. The molecule has 4 rings (SSSR count). The van der Waals surface area contributed by atoms with E-state index in [0.29, 0.717) is 0 Å². The second-order valence-corrected chi connectivity index (χ2v) is 9.77. The van der Waals surface area contributed by atoms with Crippen LogP contribution < -0.4 is 10.6 Å². The molecule has 0 spiro atoms. The number of hydrogen-bond acceptors (Lipinski definition) is 1. The standard InChI is InChI=1S/C18H16NP.C8H12.BF4.Rh/c1-3-10-17(11-4-1)20(18-12-5-2-6-13-18)15-16-9-7-8-14-19-16;1-2-4-6-8-7-5-3-1;2-1(3,4)5;/h1-14H,15H2;1-2,7-8H,3-6H2;;/q;;-1;/p+1/b;2-1-,8-7-;;. The van der Waals surface area contributed by atoms with Crippen LogP contribution in [0.15, 0.2) is 109 Å². The first kappa shape index (κ1) is 29.9. The number of allylic oxidation sites excluding steroid dienone is 4. The molecule has 1 aliphatic rings. The number of benzene rings is 2. The van der Waals surface area contributed by atoms with E-state index in [1.807, 2.05) is 12.3 Å². The molecule has 0 aliphatic heterocycles. The topological polar surface area (TPSA) is 12.9 Å². The van der Waals surface area contributed by atoms with Gasteiger partial charge in [-0.15, -0.1) is 0 Å². The van der Waals surface area contributed by atoms with Gasteiger partial charge < -0.3 is 17.3 Å². The maximum atomic E-state index is 9.75. The van der Waals surface area contributed by atoms with Gasteiger partial charge in [0.15, 0.2) is 0 Å². The second kappa shape index (κ2) is 17.4. The molecule has 8 heteroatoms. The molecule has 183 valence electrons.